The molecule has 1 heterocycles. The Morgan fingerprint density at radius 1 is 1.00 bits per heavy atom. The number of carbonyl (C=O) groups is 1. The summed E-state index contributed by atoms with van der Waals surface area (Å²) in [4.78, 5) is 11.6. The highest BCUT2D eigenvalue weighted by Crippen LogP contribution is 2.35. The fourth-order valence-electron chi connectivity index (χ4n) is 2.03. The van der Waals surface area contributed by atoms with E-state index in [1.54, 1.807) is 24.3 Å². The van der Waals surface area contributed by atoms with Crippen LogP contribution in [0.25, 0.3) is 0 Å². The number of carbonyl (C=O) groups excluding carboxylic acids is 1. The minimum atomic E-state index is -0.417. The maximum atomic E-state index is 12.8. The molecule has 0 saturated carbocycles. The molecule has 0 fully saturated rings. The third-order valence-electron chi connectivity index (χ3n) is 2.86. The Hall–Kier alpha value is -2.16. The van der Waals surface area contributed by atoms with E-state index in [2.05, 4.69) is 0 Å². The molecule has 0 N–H and O–H groups in total. The molecule has 0 aliphatic carbocycles. The van der Waals surface area contributed by atoms with Crippen LogP contribution in [0.4, 0.5) is 4.39 Å². The summed E-state index contributed by atoms with van der Waals surface area (Å²) >= 11 is 0. The molecule has 3 rings (SSSR count). The number of hydrogen-bond acceptors (Lipinski definition) is 2. The van der Waals surface area contributed by atoms with E-state index in [1.165, 1.54) is 12.1 Å². The van der Waals surface area contributed by atoms with Crippen molar-refractivity contribution in [1.29, 1.82) is 0 Å². The molecule has 3 heteroatoms. The van der Waals surface area contributed by atoms with Crippen molar-refractivity contribution < 1.29 is 13.9 Å². The fraction of sp³-hybridized carbons (Fsp3) is 0.0714. The summed E-state index contributed by atoms with van der Waals surface area (Å²) in [5.41, 5.74) is 2.20. The average Bonchev–Trinajstić information content (AvgIpc) is 2.69. The third-order valence-corrected chi connectivity index (χ3v) is 2.86. The molecular formula is C14H9FO2. The van der Waals surface area contributed by atoms with Crippen LogP contribution in [0, 0.1) is 5.82 Å². The Morgan fingerprint density at radius 2 is 1.71 bits per heavy atom. The molecule has 0 radical (unpaired) electrons. The molecule has 0 saturated heterocycles. The molecule has 0 bridgehead atoms. The second-order valence-corrected chi connectivity index (χ2v) is 3.92. The zero-order valence-electron chi connectivity index (χ0n) is 8.89. The van der Waals surface area contributed by atoms with Crippen molar-refractivity contribution in [1.82, 2.24) is 0 Å². The van der Waals surface area contributed by atoms with Gasteiger partial charge in [0.1, 0.15) is 5.82 Å². The van der Waals surface area contributed by atoms with E-state index in [4.69, 9.17) is 4.74 Å². The zero-order valence-corrected chi connectivity index (χ0v) is 8.89. The van der Waals surface area contributed by atoms with Crippen molar-refractivity contribution in [2.75, 3.05) is 0 Å². The van der Waals surface area contributed by atoms with Gasteiger partial charge in [-0.25, -0.2) is 9.18 Å². The van der Waals surface area contributed by atoms with Crippen molar-refractivity contribution >= 4 is 5.97 Å². The number of fused-ring (bicyclic) bond motifs is 1. The summed E-state index contributed by atoms with van der Waals surface area (Å²) in [6, 6.07) is 13.2. The zero-order chi connectivity index (χ0) is 11.8. The van der Waals surface area contributed by atoms with Crippen molar-refractivity contribution in [3.05, 3.63) is 71.0 Å². The van der Waals surface area contributed by atoms with Gasteiger partial charge in [-0.3, -0.25) is 0 Å². The second kappa shape index (κ2) is 3.70. The highest BCUT2D eigenvalue weighted by atomic mass is 19.1. The molecule has 2 nitrogen and oxygen atoms in total. The Balaban J connectivity index is 2.07. The van der Waals surface area contributed by atoms with Gasteiger partial charge in [0.05, 0.1) is 5.56 Å². The van der Waals surface area contributed by atoms with Gasteiger partial charge in [-0.2, -0.15) is 0 Å². The molecule has 2 aromatic carbocycles. The first-order valence-electron chi connectivity index (χ1n) is 5.31. The Kier molecular flexibility index (Phi) is 2.18. The molecule has 84 valence electrons. The number of cyclic esters (lactones) is 1. The van der Waals surface area contributed by atoms with Gasteiger partial charge in [0.25, 0.3) is 0 Å². The monoisotopic (exact) mass is 228 g/mol. The van der Waals surface area contributed by atoms with E-state index >= 15 is 0 Å². The second-order valence-electron chi connectivity index (χ2n) is 3.92. The quantitative estimate of drug-likeness (QED) is 0.701. The number of benzene rings is 2. The third kappa shape index (κ3) is 1.60. The number of rotatable bonds is 1. The van der Waals surface area contributed by atoms with Crippen LogP contribution >= 0.6 is 0 Å². The fourth-order valence-corrected chi connectivity index (χ4v) is 2.03. The van der Waals surface area contributed by atoms with Gasteiger partial charge < -0.3 is 4.74 Å². The summed E-state index contributed by atoms with van der Waals surface area (Å²) in [5, 5.41) is 0. The Bertz CT molecular complexity index is 575. The highest BCUT2D eigenvalue weighted by molar-refractivity contribution is 5.94. The molecule has 1 aliphatic rings. The van der Waals surface area contributed by atoms with E-state index in [0.29, 0.717) is 5.56 Å². The van der Waals surface area contributed by atoms with Gasteiger partial charge in [-0.1, -0.05) is 30.3 Å². The number of ether oxygens (including phenoxy) is 1. The summed E-state index contributed by atoms with van der Waals surface area (Å²) < 4.78 is 18.1. The van der Waals surface area contributed by atoms with Crippen molar-refractivity contribution in [2.45, 2.75) is 6.10 Å². The van der Waals surface area contributed by atoms with Gasteiger partial charge >= 0.3 is 5.97 Å². The van der Waals surface area contributed by atoms with Gasteiger partial charge in [-0.05, 0) is 23.8 Å². The average molecular weight is 228 g/mol. The number of hydrogen-bond donors (Lipinski definition) is 0. The minimum absolute atomic E-state index is 0.300. The molecule has 17 heavy (non-hydrogen) atoms. The first-order valence-corrected chi connectivity index (χ1v) is 5.31. The lowest BCUT2D eigenvalue weighted by Gasteiger charge is -2.10. The lowest BCUT2D eigenvalue weighted by atomic mass is 9.99. The van der Waals surface area contributed by atoms with Crippen LogP contribution in [0.2, 0.25) is 0 Å². The molecule has 0 aromatic heterocycles. The predicted molar refractivity (Wildman–Crippen MR) is 60.1 cm³/mol. The number of halogens is 1. The molecule has 1 atom stereocenters. The van der Waals surface area contributed by atoms with Gasteiger partial charge in [0.15, 0.2) is 6.10 Å². The van der Waals surface area contributed by atoms with E-state index < -0.39 is 6.10 Å². The van der Waals surface area contributed by atoms with Gasteiger partial charge in [0.2, 0.25) is 0 Å². The van der Waals surface area contributed by atoms with Crippen LogP contribution in [0.15, 0.2) is 48.5 Å². The summed E-state index contributed by atoms with van der Waals surface area (Å²) in [7, 11) is 0. The van der Waals surface area contributed by atoms with Crippen LogP contribution in [0.3, 0.4) is 0 Å². The lowest BCUT2D eigenvalue weighted by molar-refractivity contribution is 0.0456. The van der Waals surface area contributed by atoms with Crippen molar-refractivity contribution in [2.24, 2.45) is 0 Å². The maximum Gasteiger partial charge on any atom is 0.339 e. The topological polar surface area (TPSA) is 26.3 Å². The summed E-state index contributed by atoms with van der Waals surface area (Å²) in [6.07, 6.45) is -0.417. The van der Waals surface area contributed by atoms with Crippen LogP contribution in [-0.2, 0) is 4.74 Å². The smallest absolute Gasteiger partial charge is 0.339 e. The molecule has 0 spiro atoms. The predicted octanol–water partition coefficient (Wildman–Crippen LogP) is 3.09. The van der Waals surface area contributed by atoms with Crippen LogP contribution in [0.5, 0.6) is 0 Å². The van der Waals surface area contributed by atoms with Crippen LogP contribution in [0.1, 0.15) is 27.6 Å². The first kappa shape index (κ1) is 10.0. The first-order chi connectivity index (χ1) is 8.25. The Labute approximate surface area is 97.7 Å². The van der Waals surface area contributed by atoms with Crippen molar-refractivity contribution in [3.8, 4) is 0 Å². The van der Waals surface area contributed by atoms with E-state index in [9.17, 15) is 9.18 Å². The summed E-state index contributed by atoms with van der Waals surface area (Å²) in [6.45, 7) is 0. The van der Waals surface area contributed by atoms with Crippen LogP contribution < -0.4 is 0 Å². The largest absolute Gasteiger partial charge is 0.449 e. The summed E-state index contributed by atoms with van der Waals surface area (Å²) in [5.74, 6) is -0.624. The molecule has 2 aromatic rings. The molecular weight excluding hydrogens is 219 g/mol. The van der Waals surface area contributed by atoms with Gasteiger partial charge in [-0.15, -0.1) is 0 Å². The minimum Gasteiger partial charge on any atom is -0.449 e. The lowest BCUT2D eigenvalue weighted by Crippen LogP contribution is -2.00. The standard InChI is InChI=1S/C14H9FO2/c15-10-7-5-9(6-8-10)13-11-3-1-2-4-12(11)14(16)17-13/h1-8,13H. The molecule has 0 amide bonds. The number of esters is 1. The normalized spacial score (nSPS) is 17.7. The maximum absolute atomic E-state index is 12.8. The SMILES string of the molecule is O=C1OC(c2ccc(F)cc2)c2ccccc21. The van der Waals surface area contributed by atoms with E-state index in [-0.39, 0.29) is 11.8 Å². The van der Waals surface area contributed by atoms with E-state index in [1.807, 2.05) is 12.1 Å². The molecule has 1 unspecified atom stereocenters. The highest BCUT2D eigenvalue weighted by Gasteiger charge is 2.31. The van der Waals surface area contributed by atoms with Crippen LogP contribution in [-0.4, -0.2) is 5.97 Å². The van der Waals surface area contributed by atoms with Gasteiger partial charge in [0, 0.05) is 5.56 Å². The Morgan fingerprint density at radius 3 is 2.47 bits per heavy atom. The van der Waals surface area contributed by atoms with E-state index in [0.717, 1.165) is 11.1 Å². The molecule has 1 aliphatic heterocycles. The van der Waals surface area contributed by atoms with Crippen molar-refractivity contribution in [3.63, 3.8) is 0 Å².